The second kappa shape index (κ2) is 16.7. The Morgan fingerprint density at radius 2 is 1.25 bits per heavy atom. The number of hydrogen-bond donors (Lipinski definition) is 0. The van der Waals surface area contributed by atoms with E-state index in [1.54, 1.807) is 48.1 Å². The number of aryl methyl sites for hydroxylation is 3. The van der Waals surface area contributed by atoms with Gasteiger partial charge in [0.1, 0.15) is 5.82 Å². The fourth-order valence-electron chi connectivity index (χ4n) is 8.82. The first-order chi connectivity index (χ1) is 35.4. The van der Waals surface area contributed by atoms with Gasteiger partial charge in [0, 0.05) is 63.7 Å². The number of anilines is 4. The average Bonchev–Trinajstić information content (AvgIpc) is 3.95. The van der Waals surface area contributed by atoms with Gasteiger partial charge in [-0.05, 0) is 90.7 Å². The molecule has 8 aromatic carbocycles. The maximum atomic E-state index is 10.1. The second-order valence-electron chi connectivity index (χ2n) is 15.3. The summed E-state index contributed by atoms with van der Waals surface area (Å²) in [6.07, 6.45) is -0.493. The summed E-state index contributed by atoms with van der Waals surface area (Å²) in [5.41, 5.74) is 8.27. The summed E-state index contributed by atoms with van der Waals surface area (Å²) < 4.78 is 110. The topological polar surface area (TPSA) is 24.3 Å². The molecule has 5 heteroatoms. The Bertz CT molecular complexity index is 3820. The van der Waals surface area contributed by atoms with Crippen LogP contribution in [0.15, 0.2) is 188 Å². The van der Waals surface area contributed by atoms with E-state index in [1.807, 2.05) is 109 Å². The molecule has 11 rings (SSSR count). The molecular weight excluding hydrogens is 948 g/mol. The Morgan fingerprint density at radius 1 is 0.603 bits per heavy atom. The van der Waals surface area contributed by atoms with Crippen molar-refractivity contribution in [3.63, 3.8) is 0 Å². The molecule has 0 amide bonds. The van der Waals surface area contributed by atoms with Crippen molar-refractivity contribution >= 4 is 44.6 Å². The predicted molar refractivity (Wildman–Crippen MR) is 257 cm³/mol. The van der Waals surface area contributed by atoms with Crippen molar-refractivity contribution < 1.29 is 37.5 Å². The predicted octanol–water partition coefficient (Wildman–Crippen LogP) is 14.7. The molecule has 0 fully saturated rings. The first kappa shape index (κ1) is 28.6. The molecule has 4 nitrogen and oxygen atoms in total. The number of aromatic nitrogens is 2. The molecule has 0 N–H and O–H groups in total. The zero-order valence-corrected chi connectivity index (χ0v) is 36.6. The fraction of sp³-hybridized carbons (Fsp3) is 0.0690. The minimum atomic E-state index is -2.21. The van der Waals surface area contributed by atoms with Gasteiger partial charge in [0.05, 0.1) is 13.7 Å². The number of nitrogens with zero attached hydrogens (tertiary/aromatic N) is 4. The molecule has 308 valence electrons. The summed E-state index contributed by atoms with van der Waals surface area (Å²) in [7, 11) is 0. The van der Waals surface area contributed by atoms with Gasteiger partial charge in [0.15, 0.2) is 0 Å². The Morgan fingerprint density at radius 3 is 1.94 bits per heavy atom. The average molecular weight is 1000 g/mol. The van der Waals surface area contributed by atoms with Crippen LogP contribution in [0.1, 0.15) is 44.3 Å². The summed E-state index contributed by atoms with van der Waals surface area (Å²) in [5, 5.41) is 1.85. The van der Waals surface area contributed by atoms with Crippen molar-refractivity contribution in [3.05, 3.63) is 235 Å². The van der Waals surface area contributed by atoms with Crippen molar-refractivity contribution in [2.75, 3.05) is 9.80 Å². The van der Waals surface area contributed by atoms with Crippen molar-refractivity contribution in [3.8, 4) is 39.2 Å². The minimum Gasteiger partial charge on any atom is -0.493 e. The van der Waals surface area contributed by atoms with Crippen LogP contribution in [0.25, 0.3) is 61.0 Å². The smallest absolute Gasteiger partial charge is 0.135 e. The molecule has 10 aromatic rings. The first-order valence-corrected chi connectivity index (χ1v) is 20.2. The molecule has 1 aliphatic rings. The van der Waals surface area contributed by atoms with Crippen LogP contribution in [0.3, 0.4) is 0 Å². The summed E-state index contributed by atoms with van der Waals surface area (Å²) in [6, 6.07) is 38.8. The van der Waals surface area contributed by atoms with Gasteiger partial charge in [0.2, 0.25) is 0 Å². The van der Waals surface area contributed by atoms with E-state index < -0.39 is 66.8 Å². The largest absolute Gasteiger partial charge is 0.493 e. The van der Waals surface area contributed by atoms with E-state index in [0.29, 0.717) is 34.0 Å². The molecule has 0 saturated carbocycles. The number of pyridine rings is 1. The maximum absolute atomic E-state index is 10.1. The number of benzene rings is 8. The molecule has 0 aliphatic carbocycles. The number of rotatable bonds is 8. The van der Waals surface area contributed by atoms with Gasteiger partial charge in [-0.2, -0.15) is 41.5 Å². The van der Waals surface area contributed by atoms with Gasteiger partial charge in [-0.3, -0.25) is 0 Å². The number of hydrogen-bond acceptors (Lipinski definition) is 3. The second-order valence-corrected chi connectivity index (χ2v) is 15.3. The van der Waals surface area contributed by atoms with Crippen LogP contribution in [0.4, 0.5) is 22.7 Å². The normalized spacial score (nSPS) is 15.1. The van der Waals surface area contributed by atoms with E-state index in [1.165, 1.54) is 0 Å². The van der Waals surface area contributed by atoms with Crippen LogP contribution in [-0.2, 0) is 27.4 Å². The Kier molecular flexibility index (Phi) is 7.57. The molecule has 0 bridgehead atoms. The summed E-state index contributed by atoms with van der Waals surface area (Å²) in [4.78, 5) is 8.22. The van der Waals surface area contributed by atoms with Crippen LogP contribution in [0, 0.1) is 39.6 Å². The SMILES string of the molecule is [2H]c1c([2H])c([2H])c(-c2cccc(-c3c([2H])c([2H])c([2H])c([2H])c3[2H])c2N2[CH-]N(c3[c-]c(C([2H])([2H])c4[c-]c5c(cc4)c4ccccc4n5-c4ccccn4)cc(-c4c(C)cc(C)cc4C)c3)c3ccccc32)c([2H])c1[2H].[Pt]. The standard InChI is InChI=1S/C58H43N4.Pt/c1-39-31-40(2)57(41(3)32-39)46-34-43(33-42-28-29-51-50-21-10-11-24-52(50)62(55(51)36-42)56-27-14-15-30-59-56)35-47(37-46)60-38-61(54-26-13-12-25-53(54)60)58-48(44-17-6-4-7-18-44)22-16-23-49(58)45-19-8-5-9-20-45;/h4-32,34,37-38H,33H2,1-3H3;/q-3;/i4D,5D,6D,7D,8D,9D,17D,18D,19D,20D,33D2;. The molecule has 0 radical (unpaired) electrons. The molecule has 2 aromatic heterocycles. The van der Waals surface area contributed by atoms with Gasteiger partial charge in [0.25, 0.3) is 0 Å². The monoisotopic (exact) mass is 1000 g/mol. The zero-order valence-electron chi connectivity index (χ0n) is 46.3. The number of para-hydroxylation sites is 4. The molecule has 0 unspecified atom stereocenters. The fourth-order valence-corrected chi connectivity index (χ4v) is 8.82. The molecular formula is C58H43N4Pt-3. The van der Waals surface area contributed by atoms with Gasteiger partial charge in [-0.15, -0.1) is 29.4 Å². The van der Waals surface area contributed by atoms with Gasteiger partial charge < -0.3 is 14.4 Å². The van der Waals surface area contributed by atoms with Crippen LogP contribution in [0.2, 0.25) is 0 Å². The Balaban J connectivity index is 0.00000641. The number of fused-ring (bicyclic) bond motifs is 4. The maximum Gasteiger partial charge on any atom is 0.135 e. The van der Waals surface area contributed by atoms with Crippen LogP contribution in [-0.4, -0.2) is 9.55 Å². The minimum absolute atomic E-state index is 0. The summed E-state index contributed by atoms with van der Waals surface area (Å²) in [6.45, 7) is 7.78. The van der Waals surface area contributed by atoms with E-state index in [2.05, 4.69) is 29.2 Å². The molecule has 0 saturated heterocycles. The van der Waals surface area contributed by atoms with E-state index in [0.717, 1.165) is 38.5 Å². The van der Waals surface area contributed by atoms with Crippen molar-refractivity contribution in [2.45, 2.75) is 27.1 Å². The van der Waals surface area contributed by atoms with E-state index >= 15 is 0 Å². The van der Waals surface area contributed by atoms with Crippen molar-refractivity contribution in [1.82, 2.24) is 9.55 Å². The third kappa shape index (κ3) is 7.25. The zero-order chi connectivity index (χ0) is 52.2. The van der Waals surface area contributed by atoms with Crippen LogP contribution in [0.5, 0.6) is 0 Å². The third-order valence-electron chi connectivity index (χ3n) is 11.3. The summed E-state index contributed by atoms with van der Waals surface area (Å²) in [5.74, 6) is 0.657. The molecule has 0 atom stereocenters. The molecule has 63 heavy (non-hydrogen) atoms. The quantitative estimate of drug-likeness (QED) is 0.142. The van der Waals surface area contributed by atoms with Crippen molar-refractivity contribution in [2.24, 2.45) is 0 Å². The Labute approximate surface area is 400 Å². The van der Waals surface area contributed by atoms with Gasteiger partial charge in [-0.1, -0.05) is 138 Å². The van der Waals surface area contributed by atoms with Gasteiger partial charge >= 0.3 is 0 Å². The van der Waals surface area contributed by atoms with E-state index in [4.69, 9.17) is 13.7 Å². The molecule has 0 spiro atoms. The molecule has 1 aliphatic heterocycles. The summed E-state index contributed by atoms with van der Waals surface area (Å²) >= 11 is 0. The van der Waals surface area contributed by atoms with Crippen LogP contribution >= 0.6 is 0 Å². The molecule has 3 heterocycles. The van der Waals surface area contributed by atoms with Crippen LogP contribution < -0.4 is 9.80 Å². The Hall–Kier alpha value is -7.00. The van der Waals surface area contributed by atoms with E-state index in [-0.39, 0.29) is 60.1 Å². The van der Waals surface area contributed by atoms with E-state index in [9.17, 15) is 2.74 Å². The third-order valence-corrected chi connectivity index (χ3v) is 11.3. The van der Waals surface area contributed by atoms with Crippen molar-refractivity contribution in [1.29, 1.82) is 0 Å². The first-order valence-electron chi connectivity index (χ1n) is 26.2. The van der Waals surface area contributed by atoms with Gasteiger partial charge in [-0.25, -0.2) is 4.98 Å².